The third kappa shape index (κ3) is 3.13. The van der Waals surface area contributed by atoms with Crippen molar-refractivity contribution in [1.82, 2.24) is 0 Å². The van der Waals surface area contributed by atoms with E-state index in [1.54, 1.807) is 0 Å². The van der Waals surface area contributed by atoms with E-state index in [-0.39, 0.29) is 0 Å². The highest BCUT2D eigenvalue weighted by Gasteiger charge is 2.29. The molecule has 0 aliphatic carbocycles. The molecule has 0 aromatic heterocycles. The van der Waals surface area contributed by atoms with Gasteiger partial charge in [0.05, 0.1) is 12.2 Å². The van der Waals surface area contributed by atoms with Gasteiger partial charge in [0.15, 0.2) is 0 Å². The van der Waals surface area contributed by atoms with E-state index in [1.807, 2.05) is 0 Å². The molecule has 1 saturated heterocycles. The van der Waals surface area contributed by atoms with Gasteiger partial charge in [-0.2, -0.15) is 0 Å². The van der Waals surface area contributed by atoms with Crippen LogP contribution in [0.1, 0.15) is 47.0 Å². The van der Waals surface area contributed by atoms with Crippen LogP contribution >= 0.6 is 0 Å². The summed E-state index contributed by atoms with van der Waals surface area (Å²) in [5.74, 6) is 1.31. The van der Waals surface area contributed by atoms with Crippen LogP contribution in [-0.4, -0.2) is 12.2 Å². The van der Waals surface area contributed by atoms with Crippen LogP contribution in [0.2, 0.25) is 0 Å². The maximum absolute atomic E-state index is 6.01. The van der Waals surface area contributed by atoms with Crippen LogP contribution in [0, 0.1) is 11.8 Å². The highest BCUT2D eigenvalue weighted by atomic mass is 16.5. The zero-order valence-electron chi connectivity index (χ0n) is 10.0. The molecular formula is C13H24O. The SMILES string of the molecule is C=C(C)[C@H]1CC[C@H](C)O[C@H]1CC(C)C. The van der Waals surface area contributed by atoms with E-state index in [2.05, 4.69) is 34.3 Å². The van der Waals surface area contributed by atoms with Crippen molar-refractivity contribution in [2.75, 3.05) is 0 Å². The van der Waals surface area contributed by atoms with Gasteiger partial charge in [-0.05, 0) is 39.0 Å². The minimum Gasteiger partial charge on any atom is -0.375 e. The van der Waals surface area contributed by atoms with E-state index in [9.17, 15) is 0 Å². The van der Waals surface area contributed by atoms with Crippen molar-refractivity contribution in [1.29, 1.82) is 0 Å². The summed E-state index contributed by atoms with van der Waals surface area (Å²) in [6.45, 7) is 12.9. The molecule has 0 unspecified atom stereocenters. The van der Waals surface area contributed by atoms with Gasteiger partial charge in [0.2, 0.25) is 0 Å². The average molecular weight is 196 g/mol. The van der Waals surface area contributed by atoms with Crippen molar-refractivity contribution in [3.05, 3.63) is 12.2 Å². The molecule has 1 aliphatic heterocycles. The summed E-state index contributed by atoms with van der Waals surface area (Å²) in [6, 6.07) is 0. The second-order valence-corrected chi connectivity index (χ2v) is 5.14. The third-order valence-corrected chi connectivity index (χ3v) is 3.08. The normalized spacial score (nSPS) is 33.4. The minimum absolute atomic E-state index is 0.413. The molecule has 0 radical (unpaired) electrons. The van der Waals surface area contributed by atoms with E-state index < -0.39 is 0 Å². The molecule has 82 valence electrons. The minimum atomic E-state index is 0.413. The second-order valence-electron chi connectivity index (χ2n) is 5.14. The topological polar surface area (TPSA) is 9.23 Å². The van der Waals surface area contributed by atoms with E-state index in [0.29, 0.717) is 24.0 Å². The molecule has 0 aromatic rings. The number of hydrogen-bond donors (Lipinski definition) is 0. The van der Waals surface area contributed by atoms with Gasteiger partial charge in [-0.15, -0.1) is 0 Å². The fraction of sp³-hybridized carbons (Fsp3) is 0.846. The van der Waals surface area contributed by atoms with Gasteiger partial charge in [-0.1, -0.05) is 26.0 Å². The Hall–Kier alpha value is -0.300. The van der Waals surface area contributed by atoms with Crippen molar-refractivity contribution in [2.24, 2.45) is 11.8 Å². The summed E-state index contributed by atoms with van der Waals surface area (Å²) in [5.41, 5.74) is 1.29. The van der Waals surface area contributed by atoms with Crippen LogP contribution in [0.25, 0.3) is 0 Å². The smallest absolute Gasteiger partial charge is 0.0646 e. The maximum Gasteiger partial charge on any atom is 0.0646 e. The molecular weight excluding hydrogens is 172 g/mol. The fourth-order valence-corrected chi connectivity index (χ4v) is 2.31. The number of ether oxygens (including phenoxy) is 1. The zero-order chi connectivity index (χ0) is 10.7. The molecule has 1 heterocycles. The predicted molar refractivity (Wildman–Crippen MR) is 61.3 cm³/mol. The number of rotatable bonds is 3. The Balaban J connectivity index is 2.59. The molecule has 14 heavy (non-hydrogen) atoms. The summed E-state index contributed by atoms with van der Waals surface area (Å²) in [5, 5.41) is 0. The fourth-order valence-electron chi connectivity index (χ4n) is 2.31. The largest absolute Gasteiger partial charge is 0.375 e. The van der Waals surface area contributed by atoms with Crippen molar-refractivity contribution >= 4 is 0 Å². The summed E-state index contributed by atoms with van der Waals surface area (Å²) in [4.78, 5) is 0. The summed E-state index contributed by atoms with van der Waals surface area (Å²) in [6.07, 6.45) is 4.47. The van der Waals surface area contributed by atoms with Crippen molar-refractivity contribution in [3.63, 3.8) is 0 Å². The first-order valence-electron chi connectivity index (χ1n) is 5.81. The van der Waals surface area contributed by atoms with Crippen molar-refractivity contribution in [2.45, 2.75) is 59.2 Å². The lowest BCUT2D eigenvalue weighted by molar-refractivity contribution is -0.0732. The zero-order valence-corrected chi connectivity index (χ0v) is 10.0. The monoisotopic (exact) mass is 196 g/mol. The summed E-state index contributed by atoms with van der Waals surface area (Å²) >= 11 is 0. The molecule has 0 spiro atoms. The Bertz CT molecular complexity index is 193. The molecule has 0 saturated carbocycles. The first-order valence-corrected chi connectivity index (χ1v) is 5.81. The molecule has 1 heteroatoms. The lowest BCUT2D eigenvalue weighted by atomic mass is 9.83. The van der Waals surface area contributed by atoms with Crippen molar-refractivity contribution < 1.29 is 4.74 Å². The van der Waals surface area contributed by atoms with Gasteiger partial charge >= 0.3 is 0 Å². The van der Waals surface area contributed by atoms with Gasteiger partial charge < -0.3 is 4.74 Å². The van der Waals surface area contributed by atoms with E-state index in [1.165, 1.54) is 24.8 Å². The third-order valence-electron chi connectivity index (χ3n) is 3.08. The predicted octanol–water partition coefficient (Wildman–Crippen LogP) is 3.79. The quantitative estimate of drug-likeness (QED) is 0.624. The van der Waals surface area contributed by atoms with Crippen LogP contribution in [-0.2, 0) is 4.74 Å². The first kappa shape index (κ1) is 11.8. The number of hydrogen-bond acceptors (Lipinski definition) is 1. The highest BCUT2D eigenvalue weighted by molar-refractivity contribution is 5.01. The lowest BCUT2D eigenvalue weighted by Crippen LogP contribution is -2.35. The average Bonchev–Trinajstić information content (AvgIpc) is 2.01. The maximum atomic E-state index is 6.01. The van der Waals surface area contributed by atoms with Crippen molar-refractivity contribution in [3.8, 4) is 0 Å². The molecule has 0 N–H and O–H groups in total. The Morgan fingerprint density at radius 1 is 1.43 bits per heavy atom. The van der Waals surface area contributed by atoms with Crippen LogP contribution < -0.4 is 0 Å². The van der Waals surface area contributed by atoms with E-state index >= 15 is 0 Å². The molecule has 1 rings (SSSR count). The molecule has 0 aromatic carbocycles. The standard InChI is InChI=1S/C13H24O/c1-9(2)8-13-12(10(3)4)7-6-11(5)14-13/h9,11-13H,3,6-8H2,1-2,4-5H3/t11-,12+,13-/m0/s1. The van der Waals surface area contributed by atoms with E-state index in [0.717, 1.165) is 0 Å². The first-order chi connectivity index (χ1) is 6.50. The molecule has 0 bridgehead atoms. The summed E-state index contributed by atoms with van der Waals surface area (Å²) < 4.78 is 6.01. The molecule has 1 fully saturated rings. The van der Waals surface area contributed by atoms with Crippen LogP contribution in [0.5, 0.6) is 0 Å². The van der Waals surface area contributed by atoms with Gasteiger partial charge in [0, 0.05) is 5.92 Å². The van der Waals surface area contributed by atoms with E-state index in [4.69, 9.17) is 4.74 Å². The van der Waals surface area contributed by atoms with Gasteiger partial charge in [-0.25, -0.2) is 0 Å². The Labute approximate surface area is 88.5 Å². The highest BCUT2D eigenvalue weighted by Crippen LogP contribution is 2.32. The second kappa shape index (κ2) is 4.97. The van der Waals surface area contributed by atoms with Gasteiger partial charge in [0.25, 0.3) is 0 Å². The van der Waals surface area contributed by atoms with Crippen LogP contribution in [0.4, 0.5) is 0 Å². The Morgan fingerprint density at radius 2 is 2.07 bits per heavy atom. The van der Waals surface area contributed by atoms with Crippen LogP contribution in [0.15, 0.2) is 12.2 Å². The summed E-state index contributed by atoms with van der Waals surface area (Å²) in [7, 11) is 0. The molecule has 1 nitrogen and oxygen atoms in total. The Morgan fingerprint density at radius 3 is 2.57 bits per heavy atom. The van der Waals surface area contributed by atoms with Gasteiger partial charge in [0.1, 0.15) is 0 Å². The molecule has 0 amide bonds. The lowest BCUT2D eigenvalue weighted by Gasteiger charge is -2.36. The Kier molecular flexibility index (Phi) is 4.18. The van der Waals surface area contributed by atoms with Gasteiger partial charge in [-0.3, -0.25) is 0 Å². The van der Waals surface area contributed by atoms with Crippen LogP contribution in [0.3, 0.4) is 0 Å². The molecule has 3 atom stereocenters. The molecule has 1 aliphatic rings.